The van der Waals surface area contributed by atoms with Crippen LogP contribution in [0.15, 0.2) is 69.9 Å². The van der Waals surface area contributed by atoms with E-state index in [4.69, 9.17) is 13.9 Å². The number of carbonyl (C=O) groups is 2. The van der Waals surface area contributed by atoms with Gasteiger partial charge in [-0.2, -0.15) is 0 Å². The summed E-state index contributed by atoms with van der Waals surface area (Å²) in [5, 5.41) is 3.60. The number of furan rings is 1. The van der Waals surface area contributed by atoms with Gasteiger partial charge < -0.3 is 28.7 Å². The van der Waals surface area contributed by atoms with E-state index in [0.717, 1.165) is 28.6 Å². The van der Waals surface area contributed by atoms with Gasteiger partial charge in [0.05, 0.1) is 13.0 Å². The monoisotopic (exact) mass is 525 g/mol. The lowest BCUT2D eigenvalue weighted by Crippen LogP contribution is -2.51. The third-order valence-corrected chi connectivity index (χ3v) is 7.93. The van der Waals surface area contributed by atoms with Crippen molar-refractivity contribution in [2.45, 2.75) is 25.3 Å². The SMILES string of the molecule is O=C(Cc1c(-c2ccccc2)oc2cc3c(cc12)OCO3)NCC(=O)N1CC2CC(C1)c1cccc(=O)n1C2. The molecule has 1 N–H and O–H groups in total. The predicted molar refractivity (Wildman–Crippen MR) is 143 cm³/mol. The number of likely N-dealkylation sites (tertiary alicyclic amines) is 1. The van der Waals surface area contributed by atoms with Crippen molar-refractivity contribution in [2.75, 3.05) is 26.4 Å². The number of benzene rings is 2. The molecule has 2 atom stereocenters. The van der Waals surface area contributed by atoms with E-state index in [1.807, 2.05) is 51.9 Å². The molecule has 1 fully saturated rings. The summed E-state index contributed by atoms with van der Waals surface area (Å²) in [5.74, 6) is 1.80. The molecule has 3 aliphatic heterocycles. The molecule has 0 radical (unpaired) electrons. The molecule has 7 rings (SSSR count). The summed E-state index contributed by atoms with van der Waals surface area (Å²) in [6.45, 7) is 1.82. The number of carbonyl (C=O) groups excluding carboxylic acids is 2. The Bertz CT molecular complexity index is 1660. The number of hydrogen-bond acceptors (Lipinski definition) is 6. The molecule has 3 aliphatic rings. The predicted octanol–water partition coefficient (Wildman–Crippen LogP) is 3.29. The zero-order valence-corrected chi connectivity index (χ0v) is 21.2. The number of hydrogen-bond donors (Lipinski definition) is 1. The number of amides is 2. The molecule has 0 spiro atoms. The smallest absolute Gasteiger partial charge is 0.250 e. The topological polar surface area (TPSA) is 103 Å². The molecular formula is C30H27N3O6. The van der Waals surface area contributed by atoms with Gasteiger partial charge in [-0.3, -0.25) is 14.4 Å². The Labute approximate surface area is 223 Å². The molecule has 2 aromatic heterocycles. The van der Waals surface area contributed by atoms with Crippen molar-refractivity contribution in [3.8, 4) is 22.8 Å². The molecule has 2 amide bonds. The number of nitrogens with one attached hydrogen (secondary N) is 1. The van der Waals surface area contributed by atoms with Crippen molar-refractivity contribution in [2.24, 2.45) is 5.92 Å². The average molecular weight is 526 g/mol. The Morgan fingerprint density at radius 3 is 2.62 bits per heavy atom. The lowest BCUT2D eigenvalue weighted by Gasteiger charge is -2.42. The molecule has 0 aliphatic carbocycles. The van der Waals surface area contributed by atoms with Gasteiger partial charge in [0.1, 0.15) is 11.3 Å². The first kappa shape index (κ1) is 23.6. The van der Waals surface area contributed by atoms with Gasteiger partial charge in [-0.05, 0) is 24.5 Å². The maximum atomic E-state index is 13.1. The van der Waals surface area contributed by atoms with Crippen LogP contribution in [0.25, 0.3) is 22.3 Å². The van der Waals surface area contributed by atoms with Crippen molar-refractivity contribution in [3.63, 3.8) is 0 Å². The van der Waals surface area contributed by atoms with E-state index in [2.05, 4.69) is 5.32 Å². The van der Waals surface area contributed by atoms with Gasteiger partial charge in [0.2, 0.25) is 18.6 Å². The maximum absolute atomic E-state index is 13.1. The quantitative estimate of drug-likeness (QED) is 0.429. The highest BCUT2D eigenvalue weighted by atomic mass is 16.7. The van der Waals surface area contributed by atoms with E-state index < -0.39 is 0 Å². The molecule has 2 bridgehead atoms. The molecule has 5 heterocycles. The Hall–Kier alpha value is -4.53. The number of nitrogens with zero attached hydrogens (tertiary/aromatic N) is 2. The van der Waals surface area contributed by atoms with Gasteiger partial charge in [-0.25, -0.2) is 0 Å². The van der Waals surface area contributed by atoms with Crippen LogP contribution < -0.4 is 20.3 Å². The van der Waals surface area contributed by atoms with E-state index >= 15 is 0 Å². The fraction of sp³-hybridized carbons (Fsp3) is 0.300. The van der Waals surface area contributed by atoms with Crippen LogP contribution in [-0.4, -0.2) is 47.7 Å². The van der Waals surface area contributed by atoms with Gasteiger partial charge in [0.25, 0.3) is 5.56 Å². The lowest BCUT2D eigenvalue weighted by atomic mass is 9.83. The van der Waals surface area contributed by atoms with Crippen molar-refractivity contribution in [1.82, 2.24) is 14.8 Å². The molecule has 198 valence electrons. The summed E-state index contributed by atoms with van der Waals surface area (Å²) in [6, 6.07) is 18.6. The van der Waals surface area contributed by atoms with E-state index in [1.165, 1.54) is 0 Å². The summed E-state index contributed by atoms with van der Waals surface area (Å²) in [4.78, 5) is 40.4. The van der Waals surface area contributed by atoms with Crippen LogP contribution in [0.3, 0.4) is 0 Å². The summed E-state index contributed by atoms with van der Waals surface area (Å²) < 4.78 is 19.1. The second kappa shape index (κ2) is 9.34. The minimum Gasteiger partial charge on any atom is -0.456 e. The number of fused-ring (bicyclic) bond motifs is 6. The summed E-state index contributed by atoms with van der Waals surface area (Å²) >= 11 is 0. The third kappa shape index (κ3) is 4.24. The second-order valence-corrected chi connectivity index (χ2v) is 10.4. The first-order valence-corrected chi connectivity index (χ1v) is 13.2. The number of piperidine rings is 1. The standard InChI is InChI=1S/C30H27N3O6/c34-27(31-13-29(36)32-14-18-9-20(16-32)23-7-4-8-28(35)33(23)15-18)11-22-21-10-25-26(38-17-37-25)12-24(21)39-30(22)19-5-2-1-3-6-19/h1-8,10,12,18,20H,9,11,13-17H2,(H,31,34). The molecule has 2 aromatic carbocycles. The third-order valence-electron chi connectivity index (χ3n) is 7.93. The Kier molecular flexibility index (Phi) is 5.65. The van der Waals surface area contributed by atoms with Crippen molar-refractivity contribution in [3.05, 3.63) is 82.3 Å². The van der Waals surface area contributed by atoms with Gasteiger partial charge in [-0.15, -0.1) is 0 Å². The molecule has 4 aromatic rings. The highest BCUT2D eigenvalue weighted by molar-refractivity contribution is 5.95. The molecule has 9 heteroatoms. The van der Waals surface area contributed by atoms with Crippen LogP contribution >= 0.6 is 0 Å². The number of pyridine rings is 1. The summed E-state index contributed by atoms with van der Waals surface area (Å²) in [7, 11) is 0. The van der Waals surface area contributed by atoms with Crippen molar-refractivity contribution < 1.29 is 23.5 Å². The first-order chi connectivity index (χ1) is 19.0. The van der Waals surface area contributed by atoms with Crippen LogP contribution in [0.1, 0.15) is 23.6 Å². The minimum atomic E-state index is -0.269. The molecule has 0 saturated carbocycles. The maximum Gasteiger partial charge on any atom is 0.250 e. The van der Waals surface area contributed by atoms with Crippen LogP contribution in [0.2, 0.25) is 0 Å². The fourth-order valence-corrected chi connectivity index (χ4v) is 6.14. The van der Waals surface area contributed by atoms with Gasteiger partial charge >= 0.3 is 0 Å². The van der Waals surface area contributed by atoms with Crippen LogP contribution in [0, 0.1) is 5.92 Å². The minimum absolute atomic E-state index is 0.0138. The molecule has 39 heavy (non-hydrogen) atoms. The molecule has 9 nitrogen and oxygen atoms in total. The molecule has 1 saturated heterocycles. The van der Waals surface area contributed by atoms with Gasteiger partial charge in [-0.1, -0.05) is 36.4 Å². The number of rotatable bonds is 5. The lowest BCUT2D eigenvalue weighted by molar-refractivity contribution is -0.135. The highest BCUT2D eigenvalue weighted by Gasteiger charge is 2.36. The van der Waals surface area contributed by atoms with E-state index in [0.29, 0.717) is 42.5 Å². The largest absolute Gasteiger partial charge is 0.456 e. The van der Waals surface area contributed by atoms with E-state index in [9.17, 15) is 14.4 Å². The average Bonchev–Trinajstić information content (AvgIpc) is 3.55. The number of ether oxygens (including phenoxy) is 2. The van der Waals surface area contributed by atoms with Gasteiger partial charge in [0.15, 0.2) is 11.5 Å². The Morgan fingerprint density at radius 2 is 1.77 bits per heavy atom. The normalized spacial score (nSPS) is 19.1. The molecule has 2 unspecified atom stereocenters. The fourth-order valence-electron chi connectivity index (χ4n) is 6.14. The zero-order chi connectivity index (χ0) is 26.5. The molecular weight excluding hydrogens is 498 g/mol. The van der Waals surface area contributed by atoms with Crippen LogP contribution in [0.4, 0.5) is 0 Å². The van der Waals surface area contributed by atoms with E-state index in [-0.39, 0.29) is 49.0 Å². The summed E-state index contributed by atoms with van der Waals surface area (Å²) in [5.41, 5.74) is 3.19. The Morgan fingerprint density at radius 1 is 0.949 bits per heavy atom. The highest BCUT2D eigenvalue weighted by Crippen LogP contribution is 2.42. The van der Waals surface area contributed by atoms with Crippen molar-refractivity contribution in [1.29, 1.82) is 0 Å². The van der Waals surface area contributed by atoms with Crippen molar-refractivity contribution >= 4 is 22.8 Å². The van der Waals surface area contributed by atoms with Gasteiger partial charge in [0, 0.05) is 59.9 Å². The second-order valence-electron chi connectivity index (χ2n) is 10.4. The zero-order valence-electron chi connectivity index (χ0n) is 21.2. The Balaban J connectivity index is 1.08. The van der Waals surface area contributed by atoms with Crippen LogP contribution in [-0.2, 0) is 22.6 Å². The van der Waals surface area contributed by atoms with E-state index in [1.54, 1.807) is 18.2 Å². The summed E-state index contributed by atoms with van der Waals surface area (Å²) in [6.07, 6.45) is 1.01. The first-order valence-electron chi connectivity index (χ1n) is 13.2. The van der Waals surface area contributed by atoms with Crippen LogP contribution in [0.5, 0.6) is 11.5 Å². The number of aromatic nitrogens is 1.